The van der Waals surface area contributed by atoms with E-state index in [0.29, 0.717) is 12.1 Å². The average Bonchev–Trinajstić information content (AvgIpc) is 2.37. The first kappa shape index (κ1) is 14.3. The number of rotatable bonds is 7. The van der Waals surface area contributed by atoms with E-state index in [-0.39, 0.29) is 5.91 Å². The van der Waals surface area contributed by atoms with Crippen molar-refractivity contribution in [3.63, 3.8) is 0 Å². The molecule has 0 fully saturated rings. The summed E-state index contributed by atoms with van der Waals surface area (Å²) in [6, 6.07) is 7.20. The van der Waals surface area contributed by atoms with Gasteiger partial charge >= 0.3 is 0 Å². The predicted molar refractivity (Wildman–Crippen MR) is 74.0 cm³/mol. The first-order valence-electron chi connectivity index (χ1n) is 6.29. The topological polar surface area (TPSA) is 38.3 Å². The highest BCUT2D eigenvalue weighted by atomic mass is 16.5. The Morgan fingerprint density at radius 2 is 2.00 bits per heavy atom. The number of carbonyl (C=O) groups is 1. The SMILES string of the molecule is C=C(C)CNC(=O)c1ccc(OCCCC)cc1. The van der Waals surface area contributed by atoms with Crippen molar-refractivity contribution in [2.24, 2.45) is 0 Å². The summed E-state index contributed by atoms with van der Waals surface area (Å²) >= 11 is 0. The molecule has 3 nitrogen and oxygen atoms in total. The molecule has 0 aliphatic carbocycles. The van der Waals surface area contributed by atoms with Crippen molar-refractivity contribution in [2.45, 2.75) is 26.7 Å². The molecule has 1 aromatic carbocycles. The fourth-order valence-corrected chi connectivity index (χ4v) is 1.37. The van der Waals surface area contributed by atoms with Crippen molar-refractivity contribution in [3.8, 4) is 5.75 Å². The van der Waals surface area contributed by atoms with Gasteiger partial charge in [0.05, 0.1) is 6.61 Å². The monoisotopic (exact) mass is 247 g/mol. The second-order valence-electron chi connectivity index (χ2n) is 4.37. The number of carbonyl (C=O) groups excluding carboxylic acids is 1. The lowest BCUT2D eigenvalue weighted by molar-refractivity contribution is 0.0957. The number of amides is 1. The highest BCUT2D eigenvalue weighted by molar-refractivity contribution is 5.94. The van der Waals surface area contributed by atoms with Crippen molar-refractivity contribution in [3.05, 3.63) is 42.0 Å². The molecule has 1 aromatic rings. The molecule has 0 aliphatic rings. The summed E-state index contributed by atoms with van der Waals surface area (Å²) < 4.78 is 5.53. The molecule has 0 atom stereocenters. The molecule has 18 heavy (non-hydrogen) atoms. The second kappa shape index (κ2) is 7.54. The maximum Gasteiger partial charge on any atom is 0.251 e. The molecule has 0 aromatic heterocycles. The summed E-state index contributed by atoms with van der Waals surface area (Å²) in [5.41, 5.74) is 1.57. The molecule has 0 saturated heterocycles. The third-order valence-electron chi connectivity index (χ3n) is 2.43. The maximum atomic E-state index is 11.7. The van der Waals surface area contributed by atoms with Gasteiger partial charge in [0.25, 0.3) is 5.91 Å². The smallest absolute Gasteiger partial charge is 0.251 e. The van der Waals surface area contributed by atoms with Crippen LogP contribution in [0.15, 0.2) is 36.4 Å². The van der Waals surface area contributed by atoms with E-state index >= 15 is 0 Å². The van der Waals surface area contributed by atoms with Gasteiger partial charge in [0.15, 0.2) is 0 Å². The molecular formula is C15H21NO2. The predicted octanol–water partition coefficient (Wildman–Crippen LogP) is 3.17. The van der Waals surface area contributed by atoms with Crippen molar-refractivity contribution in [1.82, 2.24) is 5.32 Å². The van der Waals surface area contributed by atoms with Crippen LogP contribution in [-0.2, 0) is 0 Å². The van der Waals surface area contributed by atoms with Gasteiger partial charge < -0.3 is 10.1 Å². The first-order valence-corrected chi connectivity index (χ1v) is 6.29. The lowest BCUT2D eigenvalue weighted by Crippen LogP contribution is -2.24. The fourth-order valence-electron chi connectivity index (χ4n) is 1.37. The molecule has 0 saturated carbocycles. The molecule has 98 valence electrons. The van der Waals surface area contributed by atoms with Crippen LogP contribution in [0.1, 0.15) is 37.0 Å². The molecule has 0 spiro atoms. The van der Waals surface area contributed by atoms with E-state index in [1.807, 2.05) is 19.1 Å². The minimum atomic E-state index is -0.0851. The van der Waals surface area contributed by atoms with Crippen molar-refractivity contribution in [1.29, 1.82) is 0 Å². The zero-order valence-corrected chi connectivity index (χ0v) is 11.2. The van der Waals surface area contributed by atoms with Crippen LogP contribution in [0.5, 0.6) is 5.75 Å². The van der Waals surface area contributed by atoms with E-state index in [1.54, 1.807) is 12.1 Å². The van der Waals surface area contributed by atoms with Gasteiger partial charge in [-0.3, -0.25) is 4.79 Å². The van der Waals surface area contributed by atoms with Crippen LogP contribution >= 0.6 is 0 Å². The van der Waals surface area contributed by atoms with E-state index in [1.165, 1.54) is 0 Å². The van der Waals surface area contributed by atoms with E-state index in [9.17, 15) is 4.79 Å². The van der Waals surface area contributed by atoms with Gasteiger partial charge in [0, 0.05) is 12.1 Å². The number of benzene rings is 1. The Balaban J connectivity index is 2.48. The van der Waals surface area contributed by atoms with Crippen LogP contribution in [-0.4, -0.2) is 19.1 Å². The standard InChI is InChI=1S/C15H21NO2/c1-4-5-10-18-14-8-6-13(7-9-14)15(17)16-11-12(2)3/h6-9H,2,4-5,10-11H2,1,3H3,(H,16,17). The van der Waals surface area contributed by atoms with Crippen molar-refractivity contribution < 1.29 is 9.53 Å². The Bertz CT molecular complexity index is 395. The van der Waals surface area contributed by atoms with Crippen LogP contribution in [0, 0.1) is 0 Å². The van der Waals surface area contributed by atoms with Crippen LogP contribution < -0.4 is 10.1 Å². The van der Waals surface area contributed by atoms with E-state index in [2.05, 4.69) is 18.8 Å². The number of ether oxygens (including phenoxy) is 1. The van der Waals surface area contributed by atoms with Crippen molar-refractivity contribution in [2.75, 3.05) is 13.2 Å². The highest BCUT2D eigenvalue weighted by Gasteiger charge is 2.04. The minimum Gasteiger partial charge on any atom is -0.494 e. The Hall–Kier alpha value is -1.77. The molecule has 1 N–H and O–H groups in total. The molecule has 0 radical (unpaired) electrons. The van der Waals surface area contributed by atoms with E-state index < -0.39 is 0 Å². The molecule has 1 amide bonds. The first-order chi connectivity index (χ1) is 8.63. The lowest BCUT2D eigenvalue weighted by atomic mass is 10.2. The van der Waals surface area contributed by atoms with Crippen LogP contribution in [0.4, 0.5) is 0 Å². The van der Waals surface area contributed by atoms with E-state index in [0.717, 1.165) is 30.8 Å². The van der Waals surface area contributed by atoms with Gasteiger partial charge in [-0.15, -0.1) is 0 Å². The Morgan fingerprint density at radius 3 is 2.56 bits per heavy atom. The van der Waals surface area contributed by atoms with Gasteiger partial charge in [-0.05, 0) is 37.6 Å². The summed E-state index contributed by atoms with van der Waals surface area (Å²) in [5, 5.41) is 2.79. The molecule has 0 aliphatic heterocycles. The zero-order chi connectivity index (χ0) is 13.4. The summed E-state index contributed by atoms with van der Waals surface area (Å²) in [5.74, 6) is 0.720. The van der Waals surface area contributed by atoms with Gasteiger partial charge in [-0.2, -0.15) is 0 Å². The average molecular weight is 247 g/mol. The Kier molecular flexibility index (Phi) is 5.98. The van der Waals surface area contributed by atoms with Crippen LogP contribution in [0.3, 0.4) is 0 Å². The molecule has 1 rings (SSSR count). The minimum absolute atomic E-state index is 0.0851. The number of hydrogen-bond acceptors (Lipinski definition) is 2. The normalized spacial score (nSPS) is 9.89. The summed E-state index contributed by atoms with van der Waals surface area (Å²) in [6.07, 6.45) is 2.16. The summed E-state index contributed by atoms with van der Waals surface area (Å²) in [4.78, 5) is 11.7. The molecule has 0 heterocycles. The quantitative estimate of drug-likeness (QED) is 0.593. The van der Waals surface area contributed by atoms with Crippen LogP contribution in [0.25, 0.3) is 0 Å². The lowest BCUT2D eigenvalue weighted by Gasteiger charge is -2.07. The Labute approximate surface area is 109 Å². The molecule has 3 heteroatoms. The largest absolute Gasteiger partial charge is 0.494 e. The third kappa shape index (κ3) is 5.04. The van der Waals surface area contributed by atoms with Gasteiger partial charge in [0.1, 0.15) is 5.75 Å². The van der Waals surface area contributed by atoms with Gasteiger partial charge in [-0.1, -0.05) is 25.5 Å². The van der Waals surface area contributed by atoms with E-state index in [4.69, 9.17) is 4.74 Å². The number of nitrogens with one attached hydrogen (secondary N) is 1. The maximum absolute atomic E-state index is 11.7. The number of unbranched alkanes of at least 4 members (excludes halogenated alkanes) is 1. The van der Waals surface area contributed by atoms with Gasteiger partial charge in [-0.25, -0.2) is 0 Å². The molecule has 0 bridgehead atoms. The summed E-state index contributed by atoms with van der Waals surface area (Å²) in [7, 11) is 0. The molecular weight excluding hydrogens is 226 g/mol. The van der Waals surface area contributed by atoms with Crippen molar-refractivity contribution >= 4 is 5.91 Å². The van der Waals surface area contributed by atoms with Gasteiger partial charge in [0.2, 0.25) is 0 Å². The number of hydrogen-bond donors (Lipinski definition) is 1. The van der Waals surface area contributed by atoms with Crippen LogP contribution in [0.2, 0.25) is 0 Å². The Morgan fingerprint density at radius 1 is 1.33 bits per heavy atom. The fraction of sp³-hybridized carbons (Fsp3) is 0.400. The zero-order valence-electron chi connectivity index (χ0n) is 11.2. The summed E-state index contributed by atoms with van der Waals surface area (Å²) in [6.45, 7) is 8.97. The highest BCUT2D eigenvalue weighted by Crippen LogP contribution is 2.12. The second-order valence-corrected chi connectivity index (χ2v) is 4.37. The third-order valence-corrected chi connectivity index (χ3v) is 2.43. The molecule has 0 unspecified atom stereocenters.